The number of rotatable bonds is 3. The Labute approximate surface area is 206 Å². The molecular formula is C26H25N3O7. The highest BCUT2D eigenvalue weighted by Crippen LogP contribution is 2.52. The van der Waals surface area contributed by atoms with E-state index in [-0.39, 0.29) is 29.7 Å². The number of likely N-dealkylation sites (N-methyl/N-ethyl adjacent to an activating group) is 1. The van der Waals surface area contributed by atoms with Crippen LogP contribution in [0.2, 0.25) is 0 Å². The lowest BCUT2D eigenvalue weighted by atomic mass is 9.58. The van der Waals surface area contributed by atoms with Gasteiger partial charge in [0.15, 0.2) is 11.4 Å². The fourth-order valence-electron chi connectivity index (χ4n) is 6.01. The van der Waals surface area contributed by atoms with E-state index in [1.54, 1.807) is 44.6 Å². The van der Waals surface area contributed by atoms with Crippen LogP contribution in [0.4, 0.5) is 0 Å². The number of aliphatic hydroxyl groups is 3. The summed E-state index contributed by atoms with van der Waals surface area (Å²) in [7, 11) is 3.18. The van der Waals surface area contributed by atoms with Gasteiger partial charge >= 0.3 is 0 Å². The van der Waals surface area contributed by atoms with Gasteiger partial charge < -0.3 is 26.2 Å². The molecule has 4 atom stereocenters. The van der Waals surface area contributed by atoms with Crippen LogP contribution in [-0.4, -0.2) is 73.5 Å². The molecule has 1 unspecified atom stereocenters. The number of fused-ring (bicyclic) bond motifs is 3. The highest BCUT2D eigenvalue weighted by molar-refractivity contribution is 6.24. The molecule has 36 heavy (non-hydrogen) atoms. The number of allylic oxidation sites excluding steroid dienone is 1. The molecule has 6 N–H and O–H groups in total. The molecule has 3 aliphatic carbocycles. The van der Waals surface area contributed by atoms with E-state index in [2.05, 4.69) is 4.98 Å². The number of aliphatic hydroxyl groups excluding tert-OH is 2. The van der Waals surface area contributed by atoms with Gasteiger partial charge in [0, 0.05) is 23.3 Å². The summed E-state index contributed by atoms with van der Waals surface area (Å²) in [5, 5.41) is 44.4. The van der Waals surface area contributed by atoms with E-state index >= 15 is 0 Å². The first-order valence-electron chi connectivity index (χ1n) is 11.4. The molecule has 0 aliphatic heterocycles. The Kier molecular flexibility index (Phi) is 5.27. The molecule has 1 aromatic heterocycles. The van der Waals surface area contributed by atoms with E-state index < -0.39 is 58.0 Å². The molecule has 186 valence electrons. The van der Waals surface area contributed by atoms with Crippen LogP contribution in [0.5, 0.6) is 5.75 Å². The molecule has 1 heterocycles. The van der Waals surface area contributed by atoms with Crippen molar-refractivity contribution in [3.63, 3.8) is 0 Å². The second-order valence-corrected chi connectivity index (χ2v) is 9.66. The van der Waals surface area contributed by atoms with Crippen LogP contribution in [-0.2, 0) is 16.0 Å². The lowest BCUT2D eigenvalue weighted by molar-refractivity contribution is -0.148. The summed E-state index contributed by atoms with van der Waals surface area (Å²) in [6, 6.07) is 7.32. The first-order valence-corrected chi connectivity index (χ1v) is 11.4. The van der Waals surface area contributed by atoms with Crippen LogP contribution in [0.1, 0.15) is 22.3 Å². The Bertz CT molecular complexity index is 1400. The number of amides is 1. The van der Waals surface area contributed by atoms with Crippen molar-refractivity contribution in [1.29, 1.82) is 0 Å². The van der Waals surface area contributed by atoms with E-state index in [0.29, 0.717) is 16.8 Å². The highest BCUT2D eigenvalue weighted by atomic mass is 16.3. The van der Waals surface area contributed by atoms with Gasteiger partial charge in [0.2, 0.25) is 5.78 Å². The number of aromatic nitrogens is 1. The number of hydrogen-bond acceptors (Lipinski definition) is 9. The Morgan fingerprint density at radius 1 is 1.14 bits per heavy atom. The van der Waals surface area contributed by atoms with Gasteiger partial charge in [-0.15, -0.1) is 0 Å². The molecule has 5 rings (SSSR count). The zero-order chi connectivity index (χ0) is 26.1. The highest BCUT2D eigenvalue weighted by Gasteiger charge is 2.63. The summed E-state index contributed by atoms with van der Waals surface area (Å²) in [5.41, 5.74) is 3.39. The van der Waals surface area contributed by atoms with Crippen LogP contribution in [0.25, 0.3) is 11.3 Å². The number of benzene rings is 1. The van der Waals surface area contributed by atoms with E-state index in [4.69, 9.17) is 5.73 Å². The van der Waals surface area contributed by atoms with Gasteiger partial charge in [-0.2, -0.15) is 0 Å². The maximum absolute atomic E-state index is 13.7. The number of primary amides is 1. The number of carbonyl (C=O) groups is 3. The number of phenolic OH excluding ortho intramolecular Hbond substituents is 1. The van der Waals surface area contributed by atoms with Crippen molar-refractivity contribution in [2.45, 2.75) is 24.5 Å². The lowest BCUT2D eigenvalue weighted by Crippen LogP contribution is -2.63. The van der Waals surface area contributed by atoms with E-state index in [9.17, 15) is 34.8 Å². The average molecular weight is 492 g/mol. The Hall–Kier alpha value is -4.02. The Balaban J connectivity index is 1.73. The molecule has 1 aromatic carbocycles. The lowest BCUT2D eigenvalue weighted by Gasteiger charge is -2.50. The van der Waals surface area contributed by atoms with Crippen molar-refractivity contribution >= 4 is 17.5 Å². The molecule has 0 bridgehead atoms. The van der Waals surface area contributed by atoms with E-state index in [0.717, 1.165) is 0 Å². The summed E-state index contributed by atoms with van der Waals surface area (Å²) in [5.74, 6) is -6.74. The summed E-state index contributed by atoms with van der Waals surface area (Å²) in [6.45, 7) is 0. The second-order valence-electron chi connectivity index (χ2n) is 9.66. The van der Waals surface area contributed by atoms with Gasteiger partial charge in [-0.3, -0.25) is 24.3 Å². The maximum Gasteiger partial charge on any atom is 0.255 e. The quantitative estimate of drug-likeness (QED) is 0.395. The first kappa shape index (κ1) is 23.7. The molecule has 0 saturated heterocycles. The third-order valence-corrected chi connectivity index (χ3v) is 7.55. The minimum absolute atomic E-state index is 0.0308. The summed E-state index contributed by atoms with van der Waals surface area (Å²) in [6.07, 6.45) is 1.84. The number of nitrogens with zero attached hydrogens (tertiary/aromatic N) is 2. The molecule has 0 spiro atoms. The maximum atomic E-state index is 13.7. The van der Waals surface area contributed by atoms with Crippen LogP contribution >= 0.6 is 0 Å². The van der Waals surface area contributed by atoms with Gasteiger partial charge in [0.25, 0.3) is 5.91 Å². The van der Waals surface area contributed by atoms with Crippen molar-refractivity contribution < 1.29 is 34.8 Å². The van der Waals surface area contributed by atoms with Crippen LogP contribution in [0.15, 0.2) is 59.2 Å². The minimum atomic E-state index is -2.65. The number of hydrogen-bond donors (Lipinski definition) is 5. The van der Waals surface area contributed by atoms with Crippen molar-refractivity contribution in [2.75, 3.05) is 14.1 Å². The zero-order valence-corrected chi connectivity index (χ0v) is 19.6. The monoisotopic (exact) mass is 491 g/mol. The third-order valence-electron chi connectivity index (χ3n) is 7.55. The molecule has 10 nitrogen and oxygen atoms in total. The molecule has 3 aliphatic rings. The second kappa shape index (κ2) is 8.00. The van der Waals surface area contributed by atoms with E-state index in [1.165, 1.54) is 11.0 Å². The van der Waals surface area contributed by atoms with E-state index in [1.807, 2.05) is 0 Å². The van der Waals surface area contributed by atoms with Gasteiger partial charge in [-0.05, 0) is 62.7 Å². The van der Waals surface area contributed by atoms with Gasteiger partial charge in [0.05, 0.1) is 17.3 Å². The number of carbonyl (C=O) groups excluding carboxylic acids is 3. The first-order chi connectivity index (χ1) is 17.0. The number of phenols is 1. The molecule has 10 heteroatoms. The third kappa shape index (κ3) is 3.04. The normalized spacial score (nSPS) is 27.6. The topological polar surface area (TPSA) is 174 Å². The molecule has 1 amide bonds. The van der Waals surface area contributed by atoms with Crippen molar-refractivity contribution in [3.05, 3.63) is 70.3 Å². The van der Waals surface area contributed by atoms with Crippen molar-refractivity contribution in [2.24, 2.45) is 17.6 Å². The summed E-state index contributed by atoms with van der Waals surface area (Å²) in [4.78, 5) is 44.9. The molecular weight excluding hydrogens is 466 g/mol. The number of pyridine rings is 1. The largest absolute Gasteiger partial charge is 0.510 e. The number of ketones is 2. The number of nitrogens with two attached hydrogens (primary N) is 1. The SMILES string of the molecule is CN(C)[C@@H]1C(O)=C(C(N)=O)C(=O)C2(O)C(O)=C3C(=O)c4c(O)ccc(-c5ccccn5)c4C[C@H]3C[C@@H]12. The smallest absolute Gasteiger partial charge is 0.255 e. The fourth-order valence-corrected chi connectivity index (χ4v) is 6.01. The molecule has 0 radical (unpaired) electrons. The average Bonchev–Trinajstić information content (AvgIpc) is 2.81. The van der Waals surface area contributed by atoms with Crippen LogP contribution < -0.4 is 5.73 Å². The van der Waals surface area contributed by atoms with Gasteiger partial charge in [-0.25, -0.2) is 0 Å². The molecule has 0 fully saturated rings. The fraction of sp³-hybridized carbons (Fsp3) is 0.308. The predicted octanol–water partition coefficient (Wildman–Crippen LogP) is 1.18. The standard InChI is InChI=1S/C26H25N3O7/c1-29(2)20-14-10-11-9-13-12(15-5-3-4-8-28-15)6-7-16(30)18(13)21(31)17(11)23(33)26(14,36)24(34)19(22(20)32)25(27)35/h3-8,11,14,20,30,32-33,36H,9-10H2,1-2H3,(H2,27,35)/t11-,14-,20-,26?/m0/s1. The zero-order valence-electron chi connectivity index (χ0n) is 19.6. The van der Waals surface area contributed by atoms with Crippen molar-refractivity contribution in [3.8, 4) is 17.0 Å². The predicted molar refractivity (Wildman–Crippen MR) is 127 cm³/mol. The van der Waals surface area contributed by atoms with Gasteiger partial charge in [-0.1, -0.05) is 6.07 Å². The Morgan fingerprint density at radius 3 is 2.47 bits per heavy atom. The number of aromatic hydroxyl groups is 1. The minimum Gasteiger partial charge on any atom is -0.510 e. The van der Waals surface area contributed by atoms with Crippen molar-refractivity contribution in [1.82, 2.24) is 9.88 Å². The van der Waals surface area contributed by atoms with Crippen LogP contribution in [0.3, 0.4) is 0 Å². The van der Waals surface area contributed by atoms with Crippen LogP contribution in [0, 0.1) is 11.8 Å². The van der Waals surface area contributed by atoms with Gasteiger partial charge in [0.1, 0.15) is 22.8 Å². The molecule has 0 saturated carbocycles. The molecule has 2 aromatic rings. The summed E-state index contributed by atoms with van der Waals surface area (Å²) < 4.78 is 0. The summed E-state index contributed by atoms with van der Waals surface area (Å²) >= 11 is 0. The Morgan fingerprint density at radius 2 is 1.86 bits per heavy atom. The number of Topliss-reactive ketones (excluding diaryl/α,β-unsaturated/α-hetero) is 2.